The van der Waals surface area contributed by atoms with Gasteiger partial charge in [-0.1, -0.05) is 36.4 Å². The molecule has 0 aromatic heterocycles. The molecule has 0 unspecified atom stereocenters. The molecule has 3 rings (SSSR count). The minimum Gasteiger partial charge on any atom is -0.463 e. The summed E-state index contributed by atoms with van der Waals surface area (Å²) in [6.07, 6.45) is 3.00. The van der Waals surface area contributed by atoms with Gasteiger partial charge in [0.05, 0.1) is 6.61 Å². The van der Waals surface area contributed by atoms with Crippen molar-refractivity contribution in [2.45, 2.75) is 13.8 Å². The third-order valence-corrected chi connectivity index (χ3v) is 4.65. The van der Waals surface area contributed by atoms with Gasteiger partial charge in [0, 0.05) is 28.6 Å². The molecule has 0 aliphatic rings. The fraction of sp³-hybridized carbons (Fsp3) is 0.115. The Morgan fingerprint density at radius 1 is 0.844 bits per heavy atom. The van der Waals surface area contributed by atoms with Crippen molar-refractivity contribution in [2.75, 3.05) is 17.2 Å². The maximum absolute atomic E-state index is 12.7. The van der Waals surface area contributed by atoms with Gasteiger partial charge in [-0.15, -0.1) is 0 Å². The number of esters is 1. The summed E-state index contributed by atoms with van der Waals surface area (Å²) in [6, 6.07) is 21.1. The van der Waals surface area contributed by atoms with Crippen molar-refractivity contribution < 1.29 is 19.1 Å². The zero-order valence-corrected chi connectivity index (χ0v) is 17.9. The molecule has 3 aromatic rings. The van der Waals surface area contributed by atoms with Crippen molar-refractivity contribution in [1.82, 2.24) is 0 Å². The second-order valence-corrected chi connectivity index (χ2v) is 7.01. The molecule has 0 saturated heterocycles. The van der Waals surface area contributed by atoms with Crippen LogP contribution in [0.2, 0.25) is 0 Å². The van der Waals surface area contributed by atoms with Crippen LogP contribution in [0.15, 0.2) is 78.9 Å². The lowest BCUT2D eigenvalue weighted by atomic mass is 10.1. The number of anilines is 2. The Labute approximate surface area is 186 Å². The Morgan fingerprint density at radius 2 is 1.53 bits per heavy atom. The predicted molar refractivity (Wildman–Crippen MR) is 126 cm³/mol. The Bertz CT molecular complexity index is 1140. The van der Waals surface area contributed by atoms with Crippen molar-refractivity contribution >= 4 is 35.2 Å². The van der Waals surface area contributed by atoms with Crippen LogP contribution in [0.3, 0.4) is 0 Å². The first-order chi connectivity index (χ1) is 15.5. The van der Waals surface area contributed by atoms with Gasteiger partial charge in [-0.2, -0.15) is 0 Å². The highest BCUT2D eigenvalue weighted by atomic mass is 16.5. The molecule has 0 spiro atoms. The predicted octanol–water partition coefficient (Wildman–Crippen LogP) is 5.08. The molecule has 32 heavy (non-hydrogen) atoms. The standard InChI is InChI=1S/C26H24N2O4/c1-3-32-24(29)16-12-19-10-14-22(15-11-19)27-26(31)21-13-9-18(2)23(17-21)28-25(30)20-7-5-4-6-8-20/h4-17H,3H2,1-2H3,(H,27,31)(H,28,30)/b16-12+. The van der Waals surface area contributed by atoms with Crippen molar-refractivity contribution in [3.63, 3.8) is 0 Å². The molecule has 0 aliphatic heterocycles. The van der Waals surface area contributed by atoms with E-state index >= 15 is 0 Å². The second kappa shape index (κ2) is 10.7. The van der Waals surface area contributed by atoms with Crippen LogP contribution in [0.25, 0.3) is 6.08 Å². The van der Waals surface area contributed by atoms with E-state index in [2.05, 4.69) is 10.6 Å². The van der Waals surface area contributed by atoms with E-state index < -0.39 is 5.97 Å². The largest absolute Gasteiger partial charge is 0.463 e. The van der Waals surface area contributed by atoms with Gasteiger partial charge in [0.25, 0.3) is 11.8 Å². The number of benzene rings is 3. The SMILES string of the molecule is CCOC(=O)/C=C/c1ccc(NC(=O)c2ccc(C)c(NC(=O)c3ccccc3)c2)cc1. The van der Waals surface area contributed by atoms with Gasteiger partial charge < -0.3 is 15.4 Å². The van der Waals surface area contributed by atoms with E-state index in [1.165, 1.54) is 6.08 Å². The number of amides is 2. The van der Waals surface area contributed by atoms with E-state index in [1.807, 2.05) is 13.0 Å². The topological polar surface area (TPSA) is 84.5 Å². The number of hydrogen-bond donors (Lipinski definition) is 2. The molecule has 0 radical (unpaired) electrons. The number of nitrogens with one attached hydrogen (secondary N) is 2. The number of carbonyl (C=O) groups excluding carboxylic acids is 3. The van der Waals surface area contributed by atoms with Gasteiger partial charge in [-0.05, 0) is 67.4 Å². The first kappa shape index (κ1) is 22.5. The number of rotatable bonds is 7. The molecule has 0 aliphatic carbocycles. The Morgan fingerprint density at radius 3 is 2.22 bits per heavy atom. The summed E-state index contributed by atoms with van der Waals surface area (Å²) < 4.78 is 4.85. The summed E-state index contributed by atoms with van der Waals surface area (Å²) >= 11 is 0. The van der Waals surface area contributed by atoms with Gasteiger partial charge in [0.1, 0.15) is 0 Å². The summed E-state index contributed by atoms with van der Waals surface area (Å²) in [6.45, 7) is 3.94. The van der Waals surface area contributed by atoms with E-state index in [4.69, 9.17) is 4.74 Å². The van der Waals surface area contributed by atoms with E-state index in [0.29, 0.717) is 29.1 Å². The lowest BCUT2D eigenvalue weighted by Crippen LogP contribution is -2.15. The molecule has 2 N–H and O–H groups in total. The molecule has 0 saturated carbocycles. The van der Waals surface area contributed by atoms with Crippen LogP contribution in [-0.4, -0.2) is 24.4 Å². The van der Waals surface area contributed by atoms with Crippen molar-refractivity contribution in [3.8, 4) is 0 Å². The van der Waals surface area contributed by atoms with Gasteiger partial charge in [-0.25, -0.2) is 4.79 Å². The van der Waals surface area contributed by atoms with Crippen molar-refractivity contribution in [2.24, 2.45) is 0 Å². The molecular formula is C26H24N2O4. The summed E-state index contributed by atoms with van der Waals surface area (Å²) in [5.41, 5.74) is 3.80. The molecule has 0 bridgehead atoms. The number of ether oxygens (including phenoxy) is 1. The summed E-state index contributed by atoms with van der Waals surface area (Å²) in [5.74, 6) is -0.938. The first-order valence-electron chi connectivity index (χ1n) is 10.2. The minimum absolute atomic E-state index is 0.238. The summed E-state index contributed by atoms with van der Waals surface area (Å²) in [4.78, 5) is 36.6. The van der Waals surface area contributed by atoms with Crippen LogP contribution in [0.1, 0.15) is 38.8 Å². The van der Waals surface area contributed by atoms with E-state index in [1.54, 1.807) is 79.7 Å². The second-order valence-electron chi connectivity index (χ2n) is 7.01. The van der Waals surface area contributed by atoms with Gasteiger partial charge in [0.15, 0.2) is 0 Å². The van der Waals surface area contributed by atoms with Crippen LogP contribution >= 0.6 is 0 Å². The zero-order valence-electron chi connectivity index (χ0n) is 17.9. The fourth-order valence-corrected chi connectivity index (χ4v) is 2.92. The lowest BCUT2D eigenvalue weighted by molar-refractivity contribution is -0.137. The molecule has 0 atom stereocenters. The average Bonchev–Trinajstić information content (AvgIpc) is 2.80. The van der Waals surface area contributed by atoms with E-state index in [0.717, 1.165) is 11.1 Å². The van der Waals surface area contributed by atoms with Gasteiger partial charge in [0.2, 0.25) is 0 Å². The highest BCUT2D eigenvalue weighted by molar-refractivity contribution is 6.07. The number of carbonyl (C=O) groups is 3. The molecule has 6 heteroatoms. The summed E-state index contributed by atoms with van der Waals surface area (Å²) in [7, 11) is 0. The maximum Gasteiger partial charge on any atom is 0.330 e. The molecule has 162 valence electrons. The number of aryl methyl sites for hydroxylation is 1. The lowest BCUT2D eigenvalue weighted by Gasteiger charge is -2.11. The highest BCUT2D eigenvalue weighted by Gasteiger charge is 2.12. The molecule has 3 aromatic carbocycles. The molecule has 2 amide bonds. The van der Waals surface area contributed by atoms with E-state index in [-0.39, 0.29) is 11.8 Å². The quantitative estimate of drug-likeness (QED) is 0.406. The Balaban J connectivity index is 1.67. The molecule has 0 fully saturated rings. The van der Waals surface area contributed by atoms with Crippen LogP contribution in [0, 0.1) is 6.92 Å². The van der Waals surface area contributed by atoms with Crippen LogP contribution in [0.4, 0.5) is 11.4 Å². The molecular weight excluding hydrogens is 404 g/mol. The summed E-state index contributed by atoms with van der Waals surface area (Å²) in [5, 5.41) is 5.70. The smallest absolute Gasteiger partial charge is 0.330 e. The highest BCUT2D eigenvalue weighted by Crippen LogP contribution is 2.20. The minimum atomic E-state index is -0.403. The zero-order chi connectivity index (χ0) is 22.9. The third kappa shape index (κ3) is 6.15. The third-order valence-electron chi connectivity index (χ3n) is 4.65. The van der Waals surface area contributed by atoms with Crippen molar-refractivity contribution in [1.29, 1.82) is 0 Å². The average molecular weight is 428 g/mol. The monoisotopic (exact) mass is 428 g/mol. The van der Waals surface area contributed by atoms with Crippen molar-refractivity contribution in [3.05, 3.63) is 101 Å². The molecule has 0 heterocycles. The van der Waals surface area contributed by atoms with Crippen LogP contribution in [0.5, 0.6) is 0 Å². The Hall–Kier alpha value is -4.19. The van der Waals surface area contributed by atoms with Crippen LogP contribution < -0.4 is 10.6 Å². The first-order valence-corrected chi connectivity index (χ1v) is 10.2. The molecule has 6 nitrogen and oxygen atoms in total. The van der Waals surface area contributed by atoms with Gasteiger partial charge >= 0.3 is 5.97 Å². The Kier molecular flexibility index (Phi) is 7.54. The number of hydrogen-bond acceptors (Lipinski definition) is 4. The van der Waals surface area contributed by atoms with E-state index in [9.17, 15) is 14.4 Å². The fourth-order valence-electron chi connectivity index (χ4n) is 2.92. The maximum atomic E-state index is 12.7. The van der Waals surface area contributed by atoms with Crippen LogP contribution in [-0.2, 0) is 9.53 Å². The van der Waals surface area contributed by atoms with Gasteiger partial charge in [-0.3, -0.25) is 9.59 Å². The normalized spacial score (nSPS) is 10.6.